The number of rotatable bonds is 3. The number of carbonyl (C=O) groups is 3. The normalized spacial score (nSPS) is 24.9. The Hall–Kier alpha value is -3.15. The van der Waals surface area contributed by atoms with Gasteiger partial charge in [0.2, 0.25) is 5.91 Å². The predicted molar refractivity (Wildman–Crippen MR) is 112 cm³/mol. The number of nitrogens with zero attached hydrogens (tertiary/aromatic N) is 1. The average molecular weight is 403 g/mol. The third kappa shape index (κ3) is 2.98. The third-order valence-electron chi connectivity index (χ3n) is 6.66. The second kappa shape index (κ2) is 7.27. The van der Waals surface area contributed by atoms with Crippen LogP contribution in [0.25, 0.3) is 0 Å². The van der Waals surface area contributed by atoms with Gasteiger partial charge in [0.1, 0.15) is 12.1 Å². The molecule has 2 aromatic carbocycles. The second-order valence-electron chi connectivity index (χ2n) is 8.45. The van der Waals surface area contributed by atoms with Crippen LogP contribution < -0.4 is 10.6 Å². The first-order valence-electron chi connectivity index (χ1n) is 10.7. The fraction of sp³-hybridized carbons (Fsp3) is 0.375. The van der Waals surface area contributed by atoms with E-state index in [2.05, 4.69) is 16.7 Å². The summed E-state index contributed by atoms with van der Waals surface area (Å²) in [5, 5.41) is 5.95. The van der Waals surface area contributed by atoms with E-state index in [9.17, 15) is 14.4 Å². The number of carbonyl (C=O) groups excluding carboxylic acids is 3. The Balaban J connectivity index is 1.34. The first-order valence-corrected chi connectivity index (χ1v) is 10.7. The summed E-state index contributed by atoms with van der Waals surface area (Å²) >= 11 is 0. The topological polar surface area (TPSA) is 78.5 Å². The van der Waals surface area contributed by atoms with Crippen LogP contribution in [0.4, 0.5) is 4.79 Å². The van der Waals surface area contributed by atoms with Crippen molar-refractivity contribution in [3.8, 4) is 0 Å². The van der Waals surface area contributed by atoms with Crippen LogP contribution in [0.1, 0.15) is 54.0 Å². The molecule has 154 valence electrons. The zero-order valence-corrected chi connectivity index (χ0v) is 16.8. The minimum Gasteiger partial charge on any atom is -0.348 e. The Bertz CT molecular complexity index is 1030. The molecule has 30 heavy (non-hydrogen) atoms. The van der Waals surface area contributed by atoms with E-state index in [1.807, 2.05) is 42.5 Å². The molecule has 2 aromatic rings. The Morgan fingerprint density at radius 3 is 2.63 bits per heavy atom. The maximum Gasteiger partial charge on any atom is 0.325 e. The molecule has 1 heterocycles. The van der Waals surface area contributed by atoms with Crippen molar-refractivity contribution in [2.75, 3.05) is 6.54 Å². The maximum atomic E-state index is 13.3. The van der Waals surface area contributed by atoms with Crippen molar-refractivity contribution >= 4 is 17.8 Å². The van der Waals surface area contributed by atoms with Crippen LogP contribution in [0, 0.1) is 0 Å². The van der Waals surface area contributed by atoms with E-state index in [0.29, 0.717) is 6.42 Å². The molecule has 3 aliphatic rings. The lowest BCUT2D eigenvalue weighted by molar-refractivity contribution is -0.135. The number of fused-ring (bicyclic) bond motifs is 3. The fourth-order valence-electron chi connectivity index (χ4n) is 5.24. The zero-order chi connectivity index (χ0) is 20.7. The lowest BCUT2D eigenvalue weighted by Gasteiger charge is -2.33. The first kappa shape index (κ1) is 18.9. The van der Waals surface area contributed by atoms with Gasteiger partial charge in [0.15, 0.2) is 0 Å². The van der Waals surface area contributed by atoms with Gasteiger partial charge < -0.3 is 10.6 Å². The van der Waals surface area contributed by atoms with Gasteiger partial charge in [0.25, 0.3) is 5.91 Å². The van der Waals surface area contributed by atoms with Crippen molar-refractivity contribution in [2.24, 2.45) is 0 Å². The van der Waals surface area contributed by atoms with E-state index in [4.69, 9.17) is 0 Å². The minimum atomic E-state index is -1.04. The Labute approximate surface area is 175 Å². The summed E-state index contributed by atoms with van der Waals surface area (Å²) < 4.78 is 0. The number of hydrogen-bond donors (Lipinski definition) is 2. The van der Waals surface area contributed by atoms with Crippen molar-refractivity contribution in [1.29, 1.82) is 0 Å². The van der Waals surface area contributed by atoms with E-state index >= 15 is 0 Å². The standard InChI is InChI=1S/C24H25N3O3/c28-21(25-20-13-5-9-16-7-1-3-11-18(16)20)15-27-22(29)24(26-23(27)30)14-6-10-17-8-2-4-12-19(17)24/h1-4,7-8,11-12,20H,5-6,9-10,13-15H2,(H,25,28)(H,26,30)/t20-,24+/m1/s1. The first-order chi connectivity index (χ1) is 14.6. The summed E-state index contributed by atoms with van der Waals surface area (Å²) in [6.45, 7) is -0.257. The van der Waals surface area contributed by atoms with Gasteiger partial charge in [-0.15, -0.1) is 0 Å². The highest BCUT2D eigenvalue weighted by Crippen LogP contribution is 2.39. The highest BCUT2D eigenvalue weighted by atomic mass is 16.2. The number of amides is 4. The van der Waals surface area contributed by atoms with Gasteiger partial charge in [0.05, 0.1) is 6.04 Å². The summed E-state index contributed by atoms with van der Waals surface area (Å²) in [6.07, 6.45) is 5.15. The molecule has 4 amide bonds. The van der Waals surface area contributed by atoms with E-state index < -0.39 is 11.6 Å². The largest absolute Gasteiger partial charge is 0.348 e. The fourth-order valence-corrected chi connectivity index (χ4v) is 5.24. The quantitative estimate of drug-likeness (QED) is 0.774. The van der Waals surface area contributed by atoms with Crippen LogP contribution in [0.5, 0.6) is 0 Å². The van der Waals surface area contributed by atoms with E-state index in [1.54, 1.807) is 0 Å². The van der Waals surface area contributed by atoms with Crippen molar-refractivity contribution in [1.82, 2.24) is 15.5 Å². The van der Waals surface area contributed by atoms with E-state index in [0.717, 1.165) is 53.7 Å². The number of imide groups is 1. The van der Waals surface area contributed by atoms with Crippen LogP contribution in [-0.4, -0.2) is 29.3 Å². The number of urea groups is 1. The molecule has 2 N–H and O–H groups in total. The molecule has 1 aliphatic heterocycles. The number of hydrogen-bond acceptors (Lipinski definition) is 3. The van der Waals surface area contributed by atoms with Crippen LogP contribution in [0.2, 0.25) is 0 Å². The lowest BCUT2D eigenvalue weighted by atomic mass is 9.76. The molecule has 6 heteroatoms. The molecular weight excluding hydrogens is 378 g/mol. The third-order valence-corrected chi connectivity index (χ3v) is 6.66. The molecule has 0 saturated carbocycles. The van der Waals surface area contributed by atoms with Gasteiger partial charge in [-0.2, -0.15) is 0 Å². The Morgan fingerprint density at radius 1 is 1.03 bits per heavy atom. The van der Waals surface area contributed by atoms with Crippen molar-refractivity contribution in [3.63, 3.8) is 0 Å². The number of nitrogens with one attached hydrogen (secondary N) is 2. The Kier molecular flexibility index (Phi) is 4.57. The highest BCUT2D eigenvalue weighted by molar-refractivity contribution is 6.09. The van der Waals surface area contributed by atoms with Crippen LogP contribution in [0.3, 0.4) is 0 Å². The molecule has 6 nitrogen and oxygen atoms in total. The molecule has 5 rings (SSSR count). The van der Waals surface area contributed by atoms with Gasteiger partial charge in [0, 0.05) is 0 Å². The lowest BCUT2D eigenvalue weighted by Crippen LogP contribution is -2.47. The maximum absolute atomic E-state index is 13.3. The van der Waals surface area contributed by atoms with E-state index in [-0.39, 0.29) is 24.4 Å². The summed E-state index contributed by atoms with van der Waals surface area (Å²) in [5.74, 6) is -0.625. The highest BCUT2D eigenvalue weighted by Gasteiger charge is 2.54. The van der Waals surface area contributed by atoms with Gasteiger partial charge in [-0.1, -0.05) is 48.5 Å². The molecular formula is C24H25N3O3. The number of benzene rings is 2. The molecule has 1 saturated heterocycles. The van der Waals surface area contributed by atoms with Gasteiger partial charge in [-0.3, -0.25) is 14.5 Å². The summed E-state index contributed by atoms with van der Waals surface area (Å²) in [4.78, 5) is 39.9. The van der Waals surface area contributed by atoms with Crippen molar-refractivity contribution < 1.29 is 14.4 Å². The van der Waals surface area contributed by atoms with Crippen molar-refractivity contribution in [2.45, 2.75) is 50.1 Å². The SMILES string of the molecule is O=C(CN1C(=O)N[C@]2(CCCc3ccccc32)C1=O)N[C@@H]1CCCc2ccccc21. The molecule has 1 spiro atoms. The average Bonchev–Trinajstić information content (AvgIpc) is 2.99. The molecule has 0 aromatic heterocycles. The van der Waals surface area contributed by atoms with E-state index in [1.165, 1.54) is 5.56 Å². The zero-order valence-electron chi connectivity index (χ0n) is 16.8. The molecule has 2 atom stereocenters. The van der Waals surface area contributed by atoms with Crippen LogP contribution in [0.15, 0.2) is 48.5 Å². The van der Waals surface area contributed by atoms with Gasteiger partial charge in [-0.05, 0) is 60.8 Å². The summed E-state index contributed by atoms with van der Waals surface area (Å²) in [6, 6.07) is 15.3. The molecule has 0 radical (unpaired) electrons. The molecule has 1 fully saturated rings. The monoisotopic (exact) mass is 403 g/mol. The smallest absolute Gasteiger partial charge is 0.325 e. The van der Waals surface area contributed by atoms with Crippen molar-refractivity contribution in [3.05, 3.63) is 70.8 Å². The van der Waals surface area contributed by atoms with Crippen LogP contribution >= 0.6 is 0 Å². The van der Waals surface area contributed by atoms with Crippen LogP contribution in [-0.2, 0) is 28.0 Å². The predicted octanol–water partition coefficient (Wildman–Crippen LogP) is 2.96. The molecule has 0 bridgehead atoms. The van der Waals surface area contributed by atoms with Gasteiger partial charge in [-0.25, -0.2) is 4.79 Å². The number of aryl methyl sites for hydroxylation is 2. The van der Waals surface area contributed by atoms with Gasteiger partial charge >= 0.3 is 6.03 Å². The second-order valence-corrected chi connectivity index (χ2v) is 8.45. The Morgan fingerprint density at radius 2 is 1.77 bits per heavy atom. The summed E-state index contributed by atoms with van der Waals surface area (Å²) in [7, 11) is 0. The minimum absolute atomic E-state index is 0.0763. The molecule has 2 aliphatic carbocycles. The summed E-state index contributed by atoms with van der Waals surface area (Å²) in [5.41, 5.74) is 3.29. The molecule has 0 unspecified atom stereocenters.